The molecular formula is C21H32N2O5S. The molecule has 1 unspecified atom stereocenters. The summed E-state index contributed by atoms with van der Waals surface area (Å²) in [5.41, 5.74) is 0.208. The second-order valence-electron chi connectivity index (χ2n) is 8.67. The summed E-state index contributed by atoms with van der Waals surface area (Å²) >= 11 is 0. The van der Waals surface area contributed by atoms with E-state index in [-0.39, 0.29) is 22.6 Å². The van der Waals surface area contributed by atoms with Gasteiger partial charge in [0.15, 0.2) is 9.84 Å². The molecule has 0 bridgehead atoms. The van der Waals surface area contributed by atoms with Crippen LogP contribution >= 0.6 is 0 Å². The Morgan fingerprint density at radius 3 is 2.66 bits per heavy atom. The Morgan fingerprint density at radius 2 is 1.93 bits per heavy atom. The first kappa shape index (κ1) is 20.9. The van der Waals surface area contributed by atoms with Crippen LogP contribution in [0.15, 0.2) is 11.0 Å². The molecule has 2 fully saturated rings. The first-order valence-corrected chi connectivity index (χ1v) is 12.4. The van der Waals surface area contributed by atoms with Gasteiger partial charge in [-0.1, -0.05) is 6.42 Å². The van der Waals surface area contributed by atoms with Crippen molar-refractivity contribution in [1.82, 2.24) is 9.88 Å². The highest BCUT2D eigenvalue weighted by molar-refractivity contribution is 7.91. The number of hydrogen-bond acceptors (Lipinski definition) is 7. The van der Waals surface area contributed by atoms with Crippen molar-refractivity contribution in [3.63, 3.8) is 0 Å². The summed E-state index contributed by atoms with van der Waals surface area (Å²) in [6, 6.07) is 1.67. The van der Waals surface area contributed by atoms with Crippen LogP contribution in [0.4, 0.5) is 0 Å². The van der Waals surface area contributed by atoms with Crippen LogP contribution in [0.3, 0.4) is 0 Å². The van der Waals surface area contributed by atoms with Gasteiger partial charge in [-0.15, -0.1) is 0 Å². The Morgan fingerprint density at radius 1 is 1.21 bits per heavy atom. The zero-order valence-corrected chi connectivity index (χ0v) is 18.3. The lowest BCUT2D eigenvalue weighted by molar-refractivity contribution is -0.0502. The molecule has 0 amide bonds. The van der Waals surface area contributed by atoms with Crippen LogP contribution in [-0.4, -0.2) is 68.6 Å². The maximum absolute atomic E-state index is 12.9. The zero-order chi connectivity index (χ0) is 20.5. The van der Waals surface area contributed by atoms with Crippen molar-refractivity contribution in [2.24, 2.45) is 0 Å². The molecule has 0 aromatic carbocycles. The van der Waals surface area contributed by atoms with Crippen molar-refractivity contribution in [2.45, 2.75) is 69.0 Å². The fourth-order valence-corrected chi connectivity index (χ4v) is 6.06. The highest BCUT2D eigenvalue weighted by Crippen LogP contribution is 2.39. The summed E-state index contributed by atoms with van der Waals surface area (Å²) in [4.78, 5) is 7.18. The highest BCUT2D eigenvalue weighted by Gasteiger charge is 2.41. The molecule has 162 valence electrons. The van der Waals surface area contributed by atoms with Gasteiger partial charge in [0.1, 0.15) is 16.6 Å². The molecule has 3 aliphatic heterocycles. The number of pyridine rings is 1. The number of aryl methyl sites for hydroxylation is 1. The topological polar surface area (TPSA) is 78.0 Å². The predicted octanol–water partition coefficient (Wildman–Crippen LogP) is 2.75. The molecule has 7 nitrogen and oxygen atoms in total. The van der Waals surface area contributed by atoms with E-state index in [2.05, 4.69) is 9.88 Å². The van der Waals surface area contributed by atoms with Gasteiger partial charge in [-0.3, -0.25) is 4.90 Å². The van der Waals surface area contributed by atoms with E-state index >= 15 is 0 Å². The molecule has 1 spiro atoms. The van der Waals surface area contributed by atoms with Crippen molar-refractivity contribution in [2.75, 3.05) is 38.6 Å². The van der Waals surface area contributed by atoms with Crippen molar-refractivity contribution in [1.29, 1.82) is 0 Å². The third-order valence-corrected chi connectivity index (χ3v) is 7.96. The van der Waals surface area contributed by atoms with E-state index in [1.165, 1.54) is 19.3 Å². The number of nitrogens with zero attached hydrogens (tertiary/aromatic N) is 2. The summed E-state index contributed by atoms with van der Waals surface area (Å²) in [7, 11) is -3.44. The molecule has 0 aliphatic carbocycles. The monoisotopic (exact) mass is 424 g/mol. The molecule has 2 saturated heterocycles. The number of aromatic nitrogens is 1. The van der Waals surface area contributed by atoms with Gasteiger partial charge in [-0.25, -0.2) is 8.42 Å². The SMILES string of the molecule is Cc1cc2c(nc1OC(C)CN1CCCCC1)OC1(CCOCC1)CCS2(=O)=O. The average molecular weight is 425 g/mol. The zero-order valence-electron chi connectivity index (χ0n) is 17.5. The fraction of sp³-hybridized carbons (Fsp3) is 0.762. The molecule has 4 heterocycles. The maximum atomic E-state index is 12.9. The molecule has 3 aliphatic rings. The van der Waals surface area contributed by atoms with E-state index in [1.54, 1.807) is 6.07 Å². The van der Waals surface area contributed by atoms with Crippen molar-refractivity contribution in [3.8, 4) is 11.8 Å². The summed E-state index contributed by atoms with van der Waals surface area (Å²) in [6.07, 6.45) is 5.57. The highest BCUT2D eigenvalue weighted by atomic mass is 32.2. The van der Waals surface area contributed by atoms with Gasteiger partial charge in [0.25, 0.3) is 0 Å². The molecule has 0 N–H and O–H groups in total. The first-order valence-electron chi connectivity index (χ1n) is 10.8. The van der Waals surface area contributed by atoms with Crippen LogP contribution in [0.25, 0.3) is 0 Å². The lowest BCUT2D eigenvalue weighted by Gasteiger charge is -2.36. The second-order valence-corrected chi connectivity index (χ2v) is 10.7. The van der Waals surface area contributed by atoms with Gasteiger partial charge in [0.05, 0.1) is 19.0 Å². The lowest BCUT2D eigenvalue weighted by Crippen LogP contribution is -2.42. The standard InChI is InChI=1S/C21H32N2O5S/c1-16-14-18-20(22-19(16)27-17(2)15-23-9-4-3-5-10-23)28-21(6-11-26-12-7-21)8-13-29(18,24)25/h14,17H,3-13,15H2,1-2H3. The van der Waals surface area contributed by atoms with Crippen LogP contribution in [0.2, 0.25) is 0 Å². The smallest absolute Gasteiger partial charge is 0.236 e. The van der Waals surface area contributed by atoms with Gasteiger partial charge in [-0.2, -0.15) is 4.98 Å². The third kappa shape index (κ3) is 4.70. The molecule has 1 atom stereocenters. The summed E-state index contributed by atoms with van der Waals surface area (Å²) in [5.74, 6) is 0.731. The summed E-state index contributed by atoms with van der Waals surface area (Å²) in [6.45, 7) is 8.11. The fourth-order valence-electron chi connectivity index (χ4n) is 4.49. The average Bonchev–Trinajstić information content (AvgIpc) is 2.79. The predicted molar refractivity (Wildman–Crippen MR) is 109 cm³/mol. The Kier molecular flexibility index (Phi) is 6.04. The number of piperidine rings is 1. The van der Waals surface area contributed by atoms with Gasteiger partial charge in [0, 0.05) is 31.4 Å². The molecule has 4 rings (SSSR count). The van der Waals surface area contributed by atoms with Crippen LogP contribution in [0, 0.1) is 6.92 Å². The van der Waals surface area contributed by atoms with Gasteiger partial charge >= 0.3 is 0 Å². The molecule has 0 radical (unpaired) electrons. The maximum Gasteiger partial charge on any atom is 0.236 e. The molecule has 29 heavy (non-hydrogen) atoms. The minimum atomic E-state index is -3.44. The summed E-state index contributed by atoms with van der Waals surface area (Å²) < 4.78 is 43.6. The van der Waals surface area contributed by atoms with Gasteiger partial charge < -0.3 is 14.2 Å². The third-order valence-electron chi connectivity index (χ3n) is 6.25. The Hall–Kier alpha value is -1.38. The van der Waals surface area contributed by atoms with Crippen LogP contribution in [0.1, 0.15) is 51.0 Å². The van der Waals surface area contributed by atoms with Crippen LogP contribution in [-0.2, 0) is 14.6 Å². The van der Waals surface area contributed by atoms with E-state index in [0.717, 1.165) is 25.2 Å². The molecular weight excluding hydrogens is 392 g/mol. The van der Waals surface area contributed by atoms with E-state index in [4.69, 9.17) is 14.2 Å². The van der Waals surface area contributed by atoms with E-state index < -0.39 is 15.4 Å². The van der Waals surface area contributed by atoms with Crippen molar-refractivity contribution >= 4 is 9.84 Å². The van der Waals surface area contributed by atoms with Crippen molar-refractivity contribution in [3.05, 3.63) is 11.6 Å². The Bertz CT molecular complexity index is 830. The van der Waals surface area contributed by atoms with E-state index in [0.29, 0.717) is 38.4 Å². The second kappa shape index (κ2) is 8.40. The van der Waals surface area contributed by atoms with Crippen LogP contribution < -0.4 is 9.47 Å². The largest absolute Gasteiger partial charge is 0.473 e. The Labute approximate surface area is 173 Å². The van der Waals surface area contributed by atoms with Crippen molar-refractivity contribution < 1.29 is 22.6 Å². The molecule has 1 aromatic rings. The minimum Gasteiger partial charge on any atom is -0.473 e. The van der Waals surface area contributed by atoms with Crippen LogP contribution in [0.5, 0.6) is 11.8 Å². The first-order chi connectivity index (χ1) is 13.9. The van der Waals surface area contributed by atoms with E-state index in [9.17, 15) is 8.42 Å². The number of fused-ring (bicyclic) bond motifs is 1. The van der Waals surface area contributed by atoms with E-state index in [1.807, 2.05) is 13.8 Å². The number of sulfone groups is 1. The molecule has 0 saturated carbocycles. The number of likely N-dealkylation sites (tertiary alicyclic amines) is 1. The quantitative estimate of drug-likeness (QED) is 0.735. The lowest BCUT2D eigenvalue weighted by atomic mass is 9.91. The van der Waals surface area contributed by atoms with Gasteiger partial charge in [0.2, 0.25) is 11.8 Å². The minimum absolute atomic E-state index is 0.0308. The van der Waals surface area contributed by atoms with Gasteiger partial charge in [-0.05, 0) is 45.8 Å². The number of rotatable bonds is 4. The number of ether oxygens (including phenoxy) is 3. The molecule has 1 aromatic heterocycles. The summed E-state index contributed by atoms with van der Waals surface area (Å²) in [5, 5.41) is 0. The normalized spacial score (nSPS) is 24.9. The Balaban J connectivity index is 1.57. The number of hydrogen-bond donors (Lipinski definition) is 0. The molecule has 8 heteroatoms.